The van der Waals surface area contributed by atoms with Gasteiger partial charge in [0.25, 0.3) is 10.1 Å². The zero-order valence-corrected chi connectivity index (χ0v) is 11.5. The van der Waals surface area contributed by atoms with Gasteiger partial charge in [0.1, 0.15) is 0 Å². The fourth-order valence-corrected chi connectivity index (χ4v) is 2.47. The number of hydrogen-bond acceptors (Lipinski definition) is 5. The number of rotatable bonds is 5. The van der Waals surface area contributed by atoms with Crippen molar-refractivity contribution >= 4 is 10.1 Å². The molecule has 0 N–H and O–H groups in total. The van der Waals surface area contributed by atoms with Crippen LogP contribution in [0.25, 0.3) is 0 Å². The zero-order valence-electron chi connectivity index (χ0n) is 10.7. The van der Waals surface area contributed by atoms with Crippen LogP contribution in [0.3, 0.4) is 0 Å². The maximum Gasteiger partial charge on any atom is 0.297 e. The van der Waals surface area contributed by atoms with Gasteiger partial charge >= 0.3 is 0 Å². The molecule has 19 heavy (non-hydrogen) atoms. The quantitative estimate of drug-likeness (QED) is 0.777. The summed E-state index contributed by atoms with van der Waals surface area (Å²) >= 11 is 0. The van der Waals surface area contributed by atoms with Gasteiger partial charge in [-0.15, -0.1) is 5.10 Å². The minimum absolute atomic E-state index is 0.0135. The van der Waals surface area contributed by atoms with Gasteiger partial charge in [-0.3, -0.25) is 4.18 Å². The Morgan fingerprint density at radius 1 is 1.32 bits per heavy atom. The number of nitrogens with zero attached hydrogens (tertiary/aromatic N) is 3. The van der Waals surface area contributed by atoms with E-state index in [-0.39, 0.29) is 17.5 Å². The summed E-state index contributed by atoms with van der Waals surface area (Å²) in [6.45, 7) is 3.71. The second kappa shape index (κ2) is 5.50. The van der Waals surface area contributed by atoms with E-state index in [1.54, 1.807) is 29.9 Å². The molecule has 0 amide bonds. The van der Waals surface area contributed by atoms with Gasteiger partial charge in [-0.2, -0.15) is 8.42 Å². The molecular weight excluding hydrogens is 266 g/mol. The first-order valence-corrected chi connectivity index (χ1v) is 7.22. The molecule has 7 heteroatoms. The Labute approximate surface area is 112 Å². The third kappa shape index (κ3) is 3.39. The first-order valence-electron chi connectivity index (χ1n) is 5.81. The average molecular weight is 281 g/mol. The van der Waals surface area contributed by atoms with E-state index in [2.05, 4.69) is 10.3 Å². The summed E-state index contributed by atoms with van der Waals surface area (Å²) in [5.41, 5.74) is 0.995. The van der Waals surface area contributed by atoms with Crippen LogP contribution < -0.4 is 0 Å². The smallest absolute Gasteiger partial charge is 0.264 e. The number of aryl methyl sites for hydroxylation is 1. The highest BCUT2D eigenvalue weighted by Crippen LogP contribution is 2.15. The molecule has 0 bridgehead atoms. The average Bonchev–Trinajstić information content (AvgIpc) is 2.90. The highest BCUT2D eigenvalue weighted by molar-refractivity contribution is 7.86. The molecule has 1 unspecified atom stereocenters. The van der Waals surface area contributed by atoms with Crippen molar-refractivity contribution in [1.29, 1.82) is 0 Å². The third-order valence-electron chi connectivity index (χ3n) is 2.67. The van der Waals surface area contributed by atoms with Crippen LogP contribution in [-0.2, 0) is 14.3 Å². The Morgan fingerprint density at radius 3 is 2.58 bits per heavy atom. The normalized spacial score (nSPS) is 13.4. The highest BCUT2D eigenvalue weighted by Gasteiger charge is 2.17. The maximum absolute atomic E-state index is 11.9. The van der Waals surface area contributed by atoms with E-state index in [9.17, 15) is 8.42 Å². The highest BCUT2D eigenvalue weighted by atomic mass is 32.2. The van der Waals surface area contributed by atoms with Crippen molar-refractivity contribution in [3.8, 4) is 0 Å². The molecule has 0 fully saturated rings. The fraction of sp³-hybridized carbons (Fsp3) is 0.333. The summed E-state index contributed by atoms with van der Waals surface area (Å²) in [6.07, 6.45) is 3.19. The Kier molecular flexibility index (Phi) is 3.96. The van der Waals surface area contributed by atoms with Crippen LogP contribution in [0.5, 0.6) is 0 Å². The third-order valence-corrected chi connectivity index (χ3v) is 3.96. The number of aromatic nitrogens is 3. The molecule has 1 aromatic heterocycles. The van der Waals surface area contributed by atoms with Crippen LogP contribution >= 0.6 is 0 Å². The van der Waals surface area contributed by atoms with E-state index in [0.29, 0.717) is 0 Å². The van der Waals surface area contributed by atoms with Crippen molar-refractivity contribution in [1.82, 2.24) is 15.0 Å². The van der Waals surface area contributed by atoms with Crippen molar-refractivity contribution in [2.24, 2.45) is 0 Å². The summed E-state index contributed by atoms with van der Waals surface area (Å²) < 4.78 is 30.5. The van der Waals surface area contributed by atoms with Crippen LogP contribution in [-0.4, -0.2) is 30.0 Å². The standard InChI is InChI=1S/C12H15N3O3S/c1-10-3-5-12(6-4-10)19(16,17)18-9-11(2)15-8-7-13-14-15/h3-8,11H,9H2,1-2H3. The molecule has 0 spiro atoms. The second-order valence-corrected chi connectivity index (χ2v) is 5.90. The fourth-order valence-electron chi connectivity index (χ4n) is 1.49. The van der Waals surface area contributed by atoms with Crippen LogP contribution in [0.2, 0.25) is 0 Å². The van der Waals surface area contributed by atoms with Crippen molar-refractivity contribution < 1.29 is 12.6 Å². The summed E-state index contributed by atoms with van der Waals surface area (Å²) in [4.78, 5) is 0.156. The molecule has 102 valence electrons. The van der Waals surface area contributed by atoms with Crippen LogP contribution in [0.15, 0.2) is 41.6 Å². The molecule has 0 aliphatic rings. The van der Waals surface area contributed by atoms with E-state index in [1.165, 1.54) is 18.3 Å². The minimum Gasteiger partial charge on any atom is -0.264 e. The van der Waals surface area contributed by atoms with Gasteiger partial charge in [0, 0.05) is 6.20 Å². The van der Waals surface area contributed by atoms with E-state index < -0.39 is 10.1 Å². The molecule has 1 aromatic carbocycles. The van der Waals surface area contributed by atoms with Crippen molar-refractivity contribution in [3.05, 3.63) is 42.2 Å². The molecule has 0 saturated heterocycles. The molecule has 0 aliphatic heterocycles. The Morgan fingerprint density at radius 2 is 2.00 bits per heavy atom. The van der Waals surface area contributed by atoms with Crippen LogP contribution in [0.1, 0.15) is 18.5 Å². The predicted octanol–water partition coefficient (Wildman–Crippen LogP) is 1.55. The van der Waals surface area contributed by atoms with Crippen LogP contribution in [0, 0.1) is 6.92 Å². The lowest BCUT2D eigenvalue weighted by molar-refractivity contribution is 0.253. The van der Waals surface area contributed by atoms with Gasteiger partial charge in [0.05, 0.1) is 23.7 Å². The molecule has 1 heterocycles. The summed E-state index contributed by atoms with van der Waals surface area (Å²) in [5, 5.41) is 7.46. The lowest BCUT2D eigenvalue weighted by atomic mass is 10.2. The van der Waals surface area contributed by atoms with E-state index in [1.807, 2.05) is 6.92 Å². The predicted molar refractivity (Wildman–Crippen MR) is 69.0 cm³/mol. The molecule has 0 saturated carbocycles. The van der Waals surface area contributed by atoms with E-state index >= 15 is 0 Å². The van der Waals surface area contributed by atoms with Crippen molar-refractivity contribution in [2.45, 2.75) is 24.8 Å². The summed E-state index contributed by atoms with van der Waals surface area (Å²) in [7, 11) is -3.72. The summed E-state index contributed by atoms with van der Waals surface area (Å²) in [5.74, 6) is 0. The minimum atomic E-state index is -3.72. The molecule has 2 aromatic rings. The SMILES string of the molecule is Cc1ccc(S(=O)(=O)OCC(C)n2ccnn2)cc1. The molecule has 1 atom stereocenters. The molecular formula is C12H15N3O3S. The molecule has 2 rings (SSSR count). The Balaban J connectivity index is 2.04. The first-order chi connectivity index (χ1) is 8.99. The number of hydrogen-bond donors (Lipinski definition) is 0. The number of benzene rings is 1. The molecule has 0 aliphatic carbocycles. The van der Waals surface area contributed by atoms with Gasteiger partial charge < -0.3 is 0 Å². The second-order valence-electron chi connectivity index (χ2n) is 4.28. The first kappa shape index (κ1) is 13.7. The van der Waals surface area contributed by atoms with Gasteiger partial charge in [-0.05, 0) is 26.0 Å². The van der Waals surface area contributed by atoms with E-state index in [0.717, 1.165) is 5.56 Å². The molecule has 6 nitrogen and oxygen atoms in total. The topological polar surface area (TPSA) is 74.1 Å². The largest absolute Gasteiger partial charge is 0.297 e. The Hall–Kier alpha value is -1.73. The monoisotopic (exact) mass is 281 g/mol. The molecule has 0 radical (unpaired) electrons. The summed E-state index contributed by atoms with van der Waals surface area (Å²) in [6, 6.07) is 6.33. The van der Waals surface area contributed by atoms with Gasteiger partial charge in [-0.25, -0.2) is 4.68 Å². The Bertz CT molecular complexity index is 621. The van der Waals surface area contributed by atoms with Crippen LogP contribution in [0.4, 0.5) is 0 Å². The van der Waals surface area contributed by atoms with Gasteiger partial charge in [0.2, 0.25) is 0 Å². The zero-order chi connectivity index (χ0) is 13.9. The van der Waals surface area contributed by atoms with Gasteiger partial charge in [0.15, 0.2) is 0 Å². The lowest BCUT2D eigenvalue weighted by Crippen LogP contribution is -2.16. The van der Waals surface area contributed by atoms with Crippen molar-refractivity contribution in [2.75, 3.05) is 6.61 Å². The van der Waals surface area contributed by atoms with Crippen molar-refractivity contribution in [3.63, 3.8) is 0 Å². The van der Waals surface area contributed by atoms with Gasteiger partial charge in [-0.1, -0.05) is 22.9 Å². The van der Waals surface area contributed by atoms with E-state index in [4.69, 9.17) is 4.18 Å². The lowest BCUT2D eigenvalue weighted by Gasteiger charge is -2.11. The maximum atomic E-state index is 11.9.